The first kappa shape index (κ1) is 20.5. The minimum Gasteiger partial charge on any atom is -0.462 e. The zero-order chi connectivity index (χ0) is 16.8. The highest BCUT2D eigenvalue weighted by molar-refractivity contribution is 5.70. The number of hydrogen-bond acceptors (Lipinski definition) is 3. The summed E-state index contributed by atoms with van der Waals surface area (Å²) in [5, 5.41) is 9.55. The van der Waals surface area contributed by atoms with Crippen LogP contribution in [-0.2, 0) is 9.53 Å². The maximum absolute atomic E-state index is 11.2. The third kappa shape index (κ3) is 11.6. The van der Waals surface area contributed by atoms with Crippen molar-refractivity contribution in [3.05, 3.63) is 0 Å². The quantitative estimate of drug-likeness (QED) is 0.337. The maximum Gasteiger partial charge on any atom is 0.308 e. The summed E-state index contributed by atoms with van der Waals surface area (Å²) in [6, 6.07) is 0. The van der Waals surface area contributed by atoms with Crippen molar-refractivity contribution in [2.75, 3.05) is 0 Å². The van der Waals surface area contributed by atoms with Crippen molar-refractivity contribution in [1.82, 2.24) is 0 Å². The Hall–Kier alpha value is -0.570. The van der Waals surface area contributed by atoms with Gasteiger partial charge in [0, 0.05) is 6.42 Å². The van der Waals surface area contributed by atoms with E-state index in [1.807, 2.05) is 0 Å². The molecule has 0 saturated carbocycles. The molecule has 1 N–H and O–H groups in total. The summed E-state index contributed by atoms with van der Waals surface area (Å²) < 4.78 is 5.26. The van der Waals surface area contributed by atoms with Gasteiger partial charge in [0.2, 0.25) is 0 Å². The van der Waals surface area contributed by atoms with Gasteiger partial charge in [0.05, 0.1) is 12.5 Å². The Kier molecular flexibility index (Phi) is 12.3. The van der Waals surface area contributed by atoms with Crippen LogP contribution in [0.1, 0.15) is 110 Å². The molecule has 23 heavy (non-hydrogen) atoms. The van der Waals surface area contributed by atoms with Gasteiger partial charge in [-0.1, -0.05) is 84.0 Å². The predicted octanol–water partition coefficient (Wildman–Crippen LogP) is 5.53. The third-order valence-electron chi connectivity index (χ3n) is 4.87. The van der Waals surface area contributed by atoms with E-state index < -0.39 is 6.10 Å². The number of aliphatic hydroxyl groups excluding tert-OH is 1. The first-order valence-electron chi connectivity index (χ1n) is 10.1. The van der Waals surface area contributed by atoms with Gasteiger partial charge >= 0.3 is 5.97 Å². The van der Waals surface area contributed by atoms with Crippen LogP contribution in [0.15, 0.2) is 0 Å². The highest BCUT2D eigenvalue weighted by Crippen LogP contribution is 2.20. The largest absolute Gasteiger partial charge is 0.462 e. The second kappa shape index (κ2) is 13.8. The van der Waals surface area contributed by atoms with Crippen molar-refractivity contribution in [3.8, 4) is 0 Å². The first-order chi connectivity index (χ1) is 11.2. The first-order valence-corrected chi connectivity index (χ1v) is 10.1. The van der Waals surface area contributed by atoms with Crippen molar-refractivity contribution >= 4 is 5.97 Å². The lowest BCUT2D eigenvalue weighted by Gasteiger charge is -2.25. The lowest BCUT2D eigenvalue weighted by atomic mass is 9.99. The van der Waals surface area contributed by atoms with Gasteiger partial charge < -0.3 is 9.84 Å². The van der Waals surface area contributed by atoms with Crippen LogP contribution in [0.5, 0.6) is 0 Å². The molecule has 1 rings (SSSR count). The molecule has 0 radical (unpaired) electrons. The number of cyclic esters (lactones) is 1. The lowest BCUT2D eigenvalue weighted by molar-refractivity contribution is -0.160. The summed E-state index contributed by atoms with van der Waals surface area (Å²) in [6.45, 7) is 2.27. The Bertz CT molecular complexity index is 291. The maximum atomic E-state index is 11.2. The number of ether oxygens (including phenoxy) is 1. The minimum absolute atomic E-state index is 0.0426. The minimum atomic E-state index is -0.483. The van der Waals surface area contributed by atoms with E-state index >= 15 is 0 Å². The summed E-state index contributed by atoms with van der Waals surface area (Å²) in [5.74, 6) is -0.233. The zero-order valence-corrected chi connectivity index (χ0v) is 15.2. The van der Waals surface area contributed by atoms with Crippen LogP contribution < -0.4 is 0 Å². The van der Waals surface area contributed by atoms with Crippen molar-refractivity contribution in [1.29, 1.82) is 0 Å². The van der Waals surface area contributed by atoms with Gasteiger partial charge in [0.15, 0.2) is 0 Å². The van der Waals surface area contributed by atoms with Gasteiger partial charge in [-0.2, -0.15) is 0 Å². The average Bonchev–Trinajstić information content (AvgIpc) is 2.51. The molecule has 1 aliphatic heterocycles. The van der Waals surface area contributed by atoms with Crippen LogP contribution in [-0.4, -0.2) is 23.3 Å². The monoisotopic (exact) mass is 326 g/mol. The molecule has 1 aliphatic rings. The van der Waals surface area contributed by atoms with E-state index in [1.54, 1.807) is 0 Å². The van der Waals surface area contributed by atoms with Crippen LogP contribution in [0.4, 0.5) is 0 Å². The number of carbonyl (C=O) groups is 1. The molecule has 2 atom stereocenters. The van der Waals surface area contributed by atoms with E-state index in [0.717, 1.165) is 12.8 Å². The van der Waals surface area contributed by atoms with Gasteiger partial charge in [-0.15, -0.1) is 0 Å². The normalized spacial score (nSPS) is 21.4. The topological polar surface area (TPSA) is 46.5 Å². The molecule has 0 aromatic carbocycles. The summed E-state index contributed by atoms with van der Waals surface area (Å²) in [7, 11) is 0. The highest BCUT2D eigenvalue weighted by Gasteiger charge is 2.26. The molecule has 1 heterocycles. The van der Waals surface area contributed by atoms with E-state index in [-0.39, 0.29) is 18.5 Å². The van der Waals surface area contributed by atoms with Crippen molar-refractivity contribution in [2.24, 2.45) is 0 Å². The number of esters is 1. The number of hydrogen-bond donors (Lipinski definition) is 1. The molecule has 0 spiro atoms. The Morgan fingerprint density at radius 3 is 1.83 bits per heavy atom. The van der Waals surface area contributed by atoms with Crippen LogP contribution in [0, 0.1) is 0 Å². The standard InChI is InChI=1S/C20H38O3/c1-2-3-4-5-6-7-8-9-10-11-12-13-14-15-19-16-18(21)17-20(22)23-19/h18-19,21H,2-17H2,1H3/t18-,19-/m0/s1. The van der Waals surface area contributed by atoms with E-state index in [2.05, 4.69) is 6.92 Å². The van der Waals surface area contributed by atoms with Gasteiger partial charge in [0.1, 0.15) is 6.10 Å². The van der Waals surface area contributed by atoms with Crippen molar-refractivity contribution in [3.63, 3.8) is 0 Å². The second-order valence-corrected chi connectivity index (χ2v) is 7.24. The smallest absolute Gasteiger partial charge is 0.308 e. The van der Waals surface area contributed by atoms with E-state index in [1.165, 1.54) is 77.0 Å². The number of unbranched alkanes of at least 4 members (excludes halogenated alkanes) is 12. The van der Waals surface area contributed by atoms with Gasteiger partial charge in [-0.3, -0.25) is 4.79 Å². The van der Waals surface area contributed by atoms with Gasteiger partial charge in [-0.25, -0.2) is 0 Å². The fraction of sp³-hybridized carbons (Fsp3) is 0.950. The Balaban J connectivity index is 1.79. The molecular formula is C20H38O3. The highest BCUT2D eigenvalue weighted by atomic mass is 16.5. The Labute approximate surface area is 143 Å². The number of aliphatic hydroxyl groups is 1. The molecule has 3 heteroatoms. The molecule has 0 unspecified atom stereocenters. The fourth-order valence-corrected chi connectivity index (χ4v) is 3.43. The average molecular weight is 327 g/mol. The van der Waals surface area contributed by atoms with Crippen molar-refractivity contribution < 1.29 is 14.6 Å². The lowest BCUT2D eigenvalue weighted by Crippen LogP contribution is -2.32. The summed E-state index contributed by atoms with van der Waals surface area (Å²) in [5.41, 5.74) is 0. The molecule has 0 aliphatic carbocycles. The summed E-state index contributed by atoms with van der Waals surface area (Å²) in [6.07, 6.45) is 18.7. The van der Waals surface area contributed by atoms with Crippen molar-refractivity contribution in [2.45, 2.75) is 122 Å². The van der Waals surface area contributed by atoms with E-state index in [0.29, 0.717) is 6.42 Å². The molecular weight excluding hydrogens is 288 g/mol. The predicted molar refractivity (Wildman–Crippen MR) is 95.4 cm³/mol. The Morgan fingerprint density at radius 1 is 0.870 bits per heavy atom. The number of carbonyl (C=O) groups excluding carboxylic acids is 1. The number of rotatable bonds is 14. The van der Waals surface area contributed by atoms with E-state index in [4.69, 9.17) is 4.74 Å². The zero-order valence-electron chi connectivity index (χ0n) is 15.2. The summed E-state index contributed by atoms with van der Waals surface area (Å²) in [4.78, 5) is 11.2. The van der Waals surface area contributed by atoms with Crippen LogP contribution in [0.2, 0.25) is 0 Å². The summed E-state index contributed by atoms with van der Waals surface area (Å²) >= 11 is 0. The van der Waals surface area contributed by atoms with Crippen LogP contribution >= 0.6 is 0 Å². The molecule has 0 amide bonds. The molecule has 0 aromatic heterocycles. The fourth-order valence-electron chi connectivity index (χ4n) is 3.43. The second-order valence-electron chi connectivity index (χ2n) is 7.24. The van der Waals surface area contributed by atoms with Crippen LogP contribution in [0.3, 0.4) is 0 Å². The molecule has 0 aromatic rings. The van der Waals surface area contributed by atoms with Gasteiger partial charge in [-0.05, 0) is 12.8 Å². The SMILES string of the molecule is CCCCCCCCCCCCCCC[C@H]1C[C@H](O)CC(=O)O1. The molecule has 136 valence electrons. The third-order valence-corrected chi connectivity index (χ3v) is 4.87. The van der Waals surface area contributed by atoms with Crippen LogP contribution in [0.25, 0.3) is 0 Å². The van der Waals surface area contributed by atoms with E-state index in [9.17, 15) is 9.90 Å². The molecule has 0 bridgehead atoms. The van der Waals surface area contributed by atoms with Gasteiger partial charge in [0.25, 0.3) is 0 Å². The molecule has 3 nitrogen and oxygen atoms in total. The molecule has 1 saturated heterocycles. The Morgan fingerprint density at radius 2 is 1.35 bits per heavy atom. The molecule has 1 fully saturated rings.